The number of aromatic nitrogens is 1. The Hall–Kier alpha value is -1.82. The maximum absolute atomic E-state index is 11.7. The van der Waals surface area contributed by atoms with Crippen molar-refractivity contribution in [2.75, 3.05) is 16.5 Å². The lowest BCUT2D eigenvalue weighted by molar-refractivity contribution is -0.113. The lowest BCUT2D eigenvalue weighted by Crippen LogP contribution is -2.27. The molecule has 7 heteroatoms. The van der Waals surface area contributed by atoms with Gasteiger partial charge in [0.2, 0.25) is 5.91 Å². The van der Waals surface area contributed by atoms with Crippen LogP contribution in [0.4, 0.5) is 16.2 Å². The Morgan fingerprint density at radius 3 is 2.55 bits per heavy atom. The summed E-state index contributed by atoms with van der Waals surface area (Å²) < 4.78 is 5.15. The molecule has 0 aliphatic heterocycles. The van der Waals surface area contributed by atoms with E-state index in [1.54, 1.807) is 33.8 Å². The van der Waals surface area contributed by atoms with Crippen LogP contribution in [0.5, 0.6) is 0 Å². The van der Waals surface area contributed by atoms with Crippen LogP contribution in [-0.4, -0.2) is 28.5 Å². The summed E-state index contributed by atoms with van der Waals surface area (Å²) in [6.45, 7) is 7.05. The Morgan fingerprint density at radius 2 is 2.00 bits per heavy atom. The van der Waals surface area contributed by atoms with Crippen LogP contribution in [0.15, 0.2) is 12.3 Å². The molecule has 110 valence electrons. The predicted octanol–water partition coefficient (Wildman–Crippen LogP) is 2.91. The molecule has 2 amide bonds. The van der Waals surface area contributed by atoms with Crippen LogP contribution in [0, 0.1) is 6.92 Å². The highest BCUT2D eigenvalue weighted by Gasteiger charge is 2.17. The number of ether oxygens (including phenoxy) is 1. The molecule has 6 nitrogen and oxygen atoms in total. The molecule has 0 saturated carbocycles. The summed E-state index contributed by atoms with van der Waals surface area (Å²) >= 11 is 5.41. The van der Waals surface area contributed by atoms with E-state index in [9.17, 15) is 9.59 Å². The van der Waals surface area contributed by atoms with E-state index in [4.69, 9.17) is 16.3 Å². The van der Waals surface area contributed by atoms with Gasteiger partial charge in [0.05, 0.1) is 23.3 Å². The van der Waals surface area contributed by atoms with Gasteiger partial charge in [0.25, 0.3) is 0 Å². The number of halogens is 1. The Bertz CT molecular complexity index is 512. The van der Waals surface area contributed by atoms with E-state index < -0.39 is 11.7 Å². The Balaban J connectivity index is 2.81. The van der Waals surface area contributed by atoms with E-state index >= 15 is 0 Å². The minimum atomic E-state index is -0.587. The number of nitrogens with one attached hydrogen (secondary N) is 2. The van der Waals surface area contributed by atoms with Crippen molar-refractivity contribution in [3.63, 3.8) is 0 Å². The second-order valence-electron chi connectivity index (χ2n) is 5.17. The molecule has 0 saturated heterocycles. The number of anilines is 2. The average molecular weight is 300 g/mol. The molecular weight excluding hydrogens is 282 g/mol. The molecule has 0 atom stereocenters. The lowest BCUT2D eigenvalue weighted by atomic mass is 10.2. The first-order valence-corrected chi connectivity index (χ1v) is 6.57. The van der Waals surface area contributed by atoms with Crippen molar-refractivity contribution in [2.45, 2.75) is 33.3 Å². The van der Waals surface area contributed by atoms with Gasteiger partial charge >= 0.3 is 6.09 Å². The van der Waals surface area contributed by atoms with E-state index in [0.29, 0.717) is 17.1 Å². The molecule has 1 aromatic rings. The number of amides is 2. The molecule has 0 fully saturated rings. The molecule has 0 radical (unpaired) electrons. The van der Waals surface area contributed by atoms with Gasteiger partial charge in [-0.1, -0.05) is 0 Å². The molecule has 0 bridgehead atoms. The van der Waals surface area contributed by atoms with Gasteiger partial charge in [-0.2, -0.15) is 0 Å². The standard InChI is InChI=1S/C13H18ClN3O3/c1-8-10(17-12(19)20-13(2,3)4)5-9(7-15-8)16-11(18)6-14/h5,7H,6H2,1-4H3,(H,16,18)(H,17,19). The zero-order chi connectivity index (χ0) is 15.3. The van der Waals surface area contributed by atoms with Crippen LogP contribution >= 0.6 is 11.6 Å². The van der Waals surface area contributed by atoms with Crippen LogP contribution in [0.2, 0.25) is 0 Å². The SMILES string of the molecule is Cc1ncc(NC(=O)CCl)cc1NC(=O)OC(C)(C)C. The highest BCUT2D eigenvalue weighted by atomic mass is 35.5. The van der Waals surface area contributed by atoms with Crippen molar-refractivity contribution < 1.29 is 14.3 Å². The molecule has 0 aliphatic carbocycles. The normalized spacial score (nSPS) is 10.8. The van der Waals surface area contributed by atoms with E-state index in [1.807, 2.05) is 0 Å². The molecule has 0 unspecified atom stereocenters. The van der Waals surface area contributed by atoms with E-state index in [2.05, 4.69) is 15.6 Å². The second kappa shape index (κ2) is 6.56. The number of carbonyl (C=O) groups is 2. The fourth-order valence-corrected chi connectivity index (χ4v) is 1.40. The number of carbonyl (C=O) groups excluding carboxylic acids is 2. The maximum atomic E-state index is 11.7. The summed E-state index contributed by atoms with van der Waals surface area (Å²) in [6.07, 6.45) is 0.906. The van der Waals surface area contributed by atoms with Gasteiger partial charge in [0.15, 0.2) is 0 Å². The van der Waals surface area contributed by atoms with E-state index in [-0.39, 0.29) is 11.8 Å². The van der Waals surface area contributed by atoms with Gasteiger partial charge in [-0.3, -0.25) is 15.1 Å². The highest BCUT2D eigenvalue weighted by molar-refractivity contribution is 6.29. The van der Waals surface area contributed by atoms with Crippen molar-refractivity contribution in [1.29, 1.82) is 0 Å². The first-order valence-electron chi connectivity index (χ1n) is 6.04. The molecule has 20 heavy (non-hydrogen) atoms. The Kier molecular flexibility index (Phi) is 5.33. The Labute approximate surface area is 122 Å². The quantitative estimate of drug-likeness (QED) is 0.841. The van der Waals surface area contributed by atoms with Crippen LogP contribution in [0.25, 0.3) is 0 Å². The van der Waals surface area contributed by atoms with Crippen molar-refractivity contribution >= 4 is 35.0 Å². The lowest BCUT2D eigenvalue weighted by Gasteiger charge is -2.20. The molecule has 0 spiro atoms. The van der Waals surface area contributed by atoms with Crippen molar-refractivity contribution in [3.8, 4) is 0 Å². The summed E-state index contributed by atoms with van der Waals surface area (Å²) in [6, 6.07) is 1.59. The third kappa shape index (κ3) is 5.44. The first-order chi connectivity index (χ1) is 9.21. The van der Waals surface area contributed by atoms with Crippen molar-refractivity contribution in [3.05, 3.63) is 18.0 Å². The number of aryl methyl sites for hydroxylation is 1. The number of alkyl halides is 1. The minimum absolute atomic E-state index is 0.150. The number of nitrogens with zero attached hydrogens (tertiary/aromatic N) is 1. The van der Waals surface area contributed by atoms with Gasteiger partial charge in [0, 0.05) is 0 Å². The smallest absolute Gasteiger partial charge is 0.412 e. The third-order valence-electron chi connectivity index (χ3n) is 2.13. The number of hydrogen-bond donors (Lipinski definition) is 2. The summed E-state index contributed by atoms with van der Waals surface area (Å²) in [5.41, 5.74) is 0.939. The van der Waals surface area contributed by atoms with Gasteiger partial charge in [0.1, 0.15) is 11.5 Å². The second-order valence-corrected chi connectivity index (χ2v) is 5.43. The van der Waals surface area contributed by atoms with Gasteiger partial charge < -0.3 is 10.1 Å². The van der Waals surface area contributed by atoms with Gasteiger partial charge in [-0.25, -0.2) is 4.79 Å². The van der Waals surface area contributed by atoms with Crippen LogP contribution in [0.3, 0.4) is 0 Å². The zero-order valence-corrected chi connectivity index (χ0v) is 12.7. The molecule has 1 heterocycles. The van der Waals surface area contributed by atoms with Gasteiger partial charge in [-0.15, -0.1) is 11.6 Å². The maximum Gasteiger partial charge on any atom is 0.412 e. The average Bonchev–Trinajstić information content (AvgIpc) is 2.30. The van der Waals surface area contributed by atoms with E-state index in [1.165, 1.54) is 6.20 Å². The van der Waals surface area contributed by atoms with Crippen molar-refractivity contribution in [1.82, 2.24) is 4.98 Å². The van der Waals surface area contributed by atoms with E-state index in [0.717, 1.165) is 0 Å². The molecule has 0 aliphatic rings. The predicted molar refractivity (Wildman–Crippen MR) is 78.2 cm³/mol. The van der Waals surface area contributed by atoms with Crippen molar-refractivity contribution in [2.24, 2.45) is 0 Å². The molecule has 1 aromatic heterocycles. The van der Waals surface area contributed by atoms with Crippen LogP contribution in [-0.2, 0) is 9.53 Å². The summed E-state index contributed by atoms with van der Waals surface area (Å²) in [5.74, 6) is -0.497. The zero-order valence-electron chi connectivity index (χ0n) is 11.9. The fraction of sp³-hybridized carbons (Fsp3) is 0.462. The Morgan fingerprint density at radius 1 is 1.35 bits per heavy atom. The summed E-state index contributed by atoms with van der Waals surface area (Å²) in [7, 11) is 0. The number of pyridine rings is 1. The fourth-order valence-electron chi connectivity index (χ4n) is 1.34. The summed E-state index contributed by atoms with van der Waals surface area (Å²) in [5, 5.41) is 5.15. The topological polar surface area (TPSA) is 80.3 Å². The molecule has 1 rings (SSSR count). The number of rotatable bonds is 3. The summed E-state index contributed by atoms with van der Waals surface area (Å²) in [4.78, 5) is 27.0. The monoisotopic (exact) mass is 299 g/mol. The highest BCUT2D eigenvalue weighted by Crippen LogP contribution is 2.19. The molecule has 2 N–H and O–H groups in total. The van der Waals surface area contributed by atoms with Gasteiger partial charge in [-0.05, 0) is 33.8 Å². The molecule has 0 aromatic carbocycles. The van der Waals surface area contributed by atoms with Crippen LogP contribution in [0.1, 0.15) is 26.5 Å². The largest absolute Gasteiger partial charge is 0.444 e. The first kappa shape index (κ1) is 16.2. The molecular formula is C13H18ClN3O3. The third-order valence-corrected chi connectivity index (χ3v) is 2.37. The van der Waals surface area contributed by atoms with Crippen LogP contribution < -0.4 is 10.6 Å². The minimum Gasteiger partial charge on any atom is -0.444 e. The number of hydrogen-bond acceptors (Lipinski definition) is 4.